The first-order valence-electron chi connectivity index (χ1n) is 12.0. The summed E-state index contributed by atoms with van der Waals surface area (Å²) in [4.78, 5) is 46.5. The lowest BCUT2D eigenvalue weighted by atomic mass is 9.90. The van der Waals surface area contributed by atoms with Crippen molar-refractivity contribution in [2.45, 2.75) is 52.0 Å². The van der Waals surface area contributed by atoms with Crippen molar-refractivity contribution in [1.29, 1.82) is 0 Å². The number of urea groups is 1. The number of hydrogen-bond donors (Lipinski definition) is 3. The number of anilines is 2. The van der Waals surface area contributed by atoms with Gasteiger partial charge < -0.3 is 20.1 Å². The lowest BCUT2D eigenvalue weighted by Gasteiger charge is -2.43. The monoisotopic (exact) mass is 596 g/mol. The number of aryl methyl sites for hydroxylation is 1. The topological polar surface area (TPSA) is 129 Å². The third-order valence-corrected chi connectivity index (χ3v) is 8.56. The molecule has 3 heterocycles. The van der Waals surface area contributed by atoms with Crippen LogP contribution < -0.4 is 16.0 Å². The maximum Gasteiger partial charge on any atom is 0.324 e. The van der Waals surface area contributed by atoms with Crippen molar-refractivity contribution in [3.63, 3.8) is 0 Å². The first kappa shape index (κ1) is 28.8. The number of amides is 4. The summed E-state index contributed by atoms with van der Waals surface area (Å²) in [6.07, 6.45) is 0.00868. The van der Waals surface area contributed by atoms with Gasteiger partial charge in [0.25, 0.3) is 5.91 Å². The molecule has 1 aliphatic heterocycles. The van der Waals surface area contributed by atoms with E-state index in [0.29, 0.717) is 5.82 Å². The Kier molecular flexibility index (Phi) is 7.93. The molecule has 0 radical (unpaired) electrons. The van der Waals surface area contributed by atoms with Gasteiger partial charge in [0.05, 0.1) is 27.7 Å². The zero-order valence-electron chi connectivity index (χ0n) is 21.9. The van der Waals surface area contributed by atoms with Crippen LogP contribution in [0.4, 0.5) is 19.9 Å². The second kappa shape index (κ2) is 10.7. The third kappa shape index (κ3) is 5.87. The molecule has 0 saturated carbocycles. The molecule has 39 heavy (non-hydrogen) atoms. The van der Waals surface area contributed by atoms with Gasteiger partial charge in [-0.2, -0.15) is 4.98 Å². The zero-order chi connectivity index (χ0) is 28.7. The van der Waals surface area contributed by atoms with Gasteiger partial charge in [0.1, 0.15) is 16.4 Å². The number of nitrogens with zero attached hydrogens (tertiary/aromatic N) is 3. The highest BCUT2D eigenvalue weighted by molar-refractivity contribution is 7.16. The summed E-state index contributed by atoms with van der Waals surface area (Å²) in [5.41, 5.74) is -1.36. The summed E-state index contributed by atoms with van der Waals surface area (Å²) in [6.45, 7) is 9.72. The molecule has 208 valence electrons. The summed E-state index contributed by atoms with van der Waals surface area (Å²) in [5.74, 6) is -0.904. The Labute approximate surface area is 238 Å². The number of hydrogen-bond acceptors (Lipinski definition) is 7. The number of carbonyl (C=O) groups excluding carboxylic acids is 3. The number of rotatable bonds is 5. The lowest BCUT2D eigenvalue weighted by molar-refractivity contribution is -0.134. The average molecular weight is 598 g/mol. The summed E-state index contributed by atoms with van der Waals surface area (Å²) >= 11 is 13.2. The van der Waals surface area contributed by atoms with E-state index in [1.54, 1.807) is 19.9 Å². The molecule has 4 amide bonds. The van der Waals surface area contributed by atoms with Crippen LogP contribution in [-0.4, -0.2) is 51.5 Å². The molecule has 4 rings (SSSR count). The number of benzene rings is 1. The van der Waals surface area contributed by atoms with Gasteiger partial charge in [-0.25, -0.2) is 9.18 Å². The lowest BCUT2D eigenvalue weighted by Crippen LogP contribution is -2.66. The number of aromatic nitrogens is 2. The van der Waals surface area contributed by atoms with E-state index in [9.17, 15) is 18.8 Å². The molecule has 1 aromatic carbocycles. The van der Waals surface area contributed by atoms with Crippen LogP contribution in [-0.2, 0) is 16.6 Å². The molecule has 0 bridgehead atoms. The number of nitrogens with one attached hydrogen (secondary N) is 3. The molecule has 3 aromatic rings. The molecule has 10 nitrogen and oxygen atoms in total. The minimum absolute atomic E-state index is 0.00868. The quantitative estimate of drug-likeness (QED) is 0.338. The Bertz CT molecular complexity index is 1450. The van der Waals surface area contributed by atoms with Crippen molar-refractivity contribution in [2.75, 3.05) is 23.7 Å². The molecular weight excluding hydrogens is 570 g/mol. The smallest absolute Gasteiger partial charge is 0.324 e. The van der Waals surface area contributed by atoms with Gasteiger partial charge in [0.2, 0.25) is 11.8 Å². The Morgan fingerprint density at radius 2 is 1.97 bits per heavy atom. The molecule has 0 aliphatic carbocycles. The van der Waals surface area contributed by atoms with E-state index in [1.165, 1.54) is 22.3 Å². The third-order valence-electron chi connectivity index (χ3n) is 6.23. The number of halogens is 3. The van der Waals surface area contributed by atoms with Gasteiger partial charge in [0, 0.05) is 18.0 Å². The highest BCUT2D eigenvalue weighted by Crippen LogP contribution is 2.38. The molecule has 3 N–H and O–H groups in total. The fraction of sp³-hybridized carbons (Fsp3) is 0.400. The number of carbonyl (C=O) groups is 3. The van der Waals surface area contributed by atoms with Crippen LogP contribution in [0.25, 0.3) is 0 Å². The SMILES string of the molecule is Cc1noc(CC2(C)C(=O)NCCN2C(=O)c2cc(C(C)(C)C)sc2NC(=O)Nc2ccc(F)c(Cl)c2Cl)n1. The maximum absolute atomic E-state index is 14.0. The highest BCUT2D eigenvalue weighted by atomic mass is 35.5. The Morgan fingerprint density at radius 3 is 2.62 bits per heavy atom. The van der Waals surface area contributed by atoms with Gasteiger partial charge >= 0.3 is 6.03 Å². The number of thiophene rings is 1. The normalized spacial score (nSPS) is 17.6. The van der Waals surface area contributed by atoms with Gasteiger partial charge in [-0.05, 0) is 37.5 Å². The standard InChI is InChI=1S/C25H27Cl2FN6O4S/c1-12-30-17(38-33-12)11-25(5)22(36)29-8-9-34(25)21(35)13-10-16(24(2,3)4)39-20(13)32-23(37)31-15-7-6-14(28)18(26)19(15)27/h6-7,10H,8-9,11H2,1-5H3,(H,29,36)(H2,31,32,37). The average Bonchev–Trinajstić information content (AvgIpc) is 3.46. The zero-order valence-corrected chi connectivity index (χ0v) is 24.2. The van der Waals surface area contributed by atoms with E-state index in [-0.39, 0.29) is 63.0 Å². The highest BCUT2D eigenvalue weighted by Gasteiger charge is 2.47. The van der Waals surface area contributed by atoms with Crippen molar-refractivity contribution < 1.29 is 23.3 Å². The summed E-state index contributed by atoms with van der Waals surface area (Å²) < 4.78 is 18.9. The molecule has 1 atom stereocenters. The second-order valence-corrected chi connectivity index (χ2v) is 12.1. The van der Waals surface area contributed by atoms with E-state index in [1.807, 2.05) is 20.8 Å². The van der Waals surface area contributed by atoms with Crippen LogP contribution in [0.3, 0.4) is 0 Å². The van der Waals surface area contributed by atoms with E-state index < -0.39 is 23.3 Å². The van der Waals surface area contributed by atoms with E-state index in [0.717, 1.165) is 10.9 Å². The van der Waals surface area contributed by atoms with Crippen LogP contribution in [0.15, 0.2) is 22.7 Å². The molecule has 14 heteroatoms. The molecular formula is C25H27Cl2FN6O4S. The van der Waals surface area contributed by atoms with Crippen molar-refractivity contribution in [2.24, 2.45) is 0 Å². The number of piperazine rings is 1. The van der Waals surface area contributed by atoms with Gasteiger partial charge in [-0.15, -0.1) is 11.3 Å². The maximum atomic E-state index is 14.0. The molecule has 1 unspecified atom stereocenters. The molecule has 1 saturated heterocycles. The predicted molar refractivity (Wildman–Crippen MR) is 147 cm³/mol. The molecule has 2 aromatic heterocycles. The first-order chi connectivity index (χ1) is 18.2. The van der Waals surface area contributed by atoms with Crippen molar-refractivity contribution in [3.8, 4) is 0 Å². The first-order valence-corrected chi connectivity index (χ1v) is 13.5. The van der Waals surface area contributed by atoms with Crippen molar-refractivity contribution in [1.82, 2.24) is 20.4 Å². The fourth-order valence-corrected chi connectivity index (χ4v) is 5.55. The summed E-state index contributed by atoms with van der Waals surface area (Å²) in [6, 6.07) is 3.36. The minimum Gasteiger partial charge on any atom is -0.352 e. The van der Waals surface area contributed by atoms with Crippen LogP contribution in [0.5, 0.6) is 0 Å². The van der Waals surface area contributed by atoms with Crippen LogP contribution >= 0.6 is 34.5 Å². The summed E-state index contributed by atoms with van der Waals surface area (Å²) in [7, 11) is 0. The predicted octanol–water partition coefficient (Wildman–Crippen LogP) is 5.40. The van der Waals surface area contributed by atoms with Crippen LogP contribution in [0.2, 0.25) is 10.0 Å². The minimum atomic E-state index is -1.32. The van der Waals surface area contributed by atoms with Crippen molar-refractivity contribution in [3.05, 3.63) is 56.2 Å². The fourth-order valence-electron chi connectivity index (χ4n) is 4.09. The largest absolute Gasteiger partial charge is 0.352 e. The molecule has 1 aliphatic rings. The second-order valence-electron chi connectivity index (χ2n) is 10.3. The van der Waals surface area contributed by atoms with Gasteiger partial charge in [-0.1, -0.05) is 49.1 Å². The van der Waals surface area contributed by atoms with E-state index >= 15 is 0 Å². The Balaban J connectivity index is 1.67. The Hall–Kier alpha value is -3.22. The Morgan fingerprint density at radius 1 is 1.26 bits per heavy atom. The van der Waals surface area contributed by atoms with Crippen molar-refractivity contribution >= 4 is 63.1 Å². The molecule has 1 fully saturated rings. The summed E-state index contributed by atoms with van der Waals surface area (Å²) in [5, 5.41) is 11.6. The van der Waals surface area contributed by atoms with Crippen LogP contribution in [0, 0.1) is 12.7 Å². The van der Waals surface area contributed by atoms with Crippen LogP contribution in [0.1, 0.15) is 54.6 Å². The van der Waals surface area contributed by atoms with Gasteiger partial charge in [-0.3, -0.25) is 14.9 Å². The van der Waals surface area contributed by atoms with Gasteiger partial charge in [0.15, 0.2) is 5.82 Å². The molecule has 0 spiro atoms. The van der Waals surface area contributed by atoms with E-state index in [4.69, 9.17) is 27.7 Å². The van der Waals surface area contributed by atoms with E-state index in [2.05, 4.69) is 26.1 Å².